The van der Waals surface area contributed by atoms with E-state index in [0.717, 1.165) is 19.3 Å². The second kappa shape index (κ2) is 5.20. The van der Waals surface area contributed by atoms with Crippen molar-refractivity contribution in [2.45, 2.75) is 38.4 Å². The molecule has 0 saturated carbocycles. The van der Waals surface area contributed by atoms with Gasteiger partial charge >= 0.3 is 0 Å². The van der Waals surface area contributed by atoms with Gasteiger partial charge in [0.2, 0.25) is 0 Å². The standard InChI is InChI=1S/C6H17N2OPS/c1-3-4-5-6(2)11-10(7,8)9/h6H,3-5H2,1-2H3,(H4,7,8,9). The highest BCUT2D eigenvalue weighted by Gasteiger charge is 2.14. The number of rotatable bonds is 5. The normalized spacial score (nSPS) is 14.9. The van der Waals surface area contributed by atoms with Crippen LogP contribution in [0.2, 0.25) is 0 Å². The Morgan fingerprint density at radius 2 is 2.09 bits per heavy atom. The number of nitrogens with two attached hydrogens (primary N) is 2. The molecule has 0 saturated heterocycles. The van der Waals surface area contributed by atoms with Crippen LogP contribution in [0.3, 0.4) is 0 Å². The Morgan fingerprint density at radius 1 is 1.55 bits per heavy atom. The largest absolute Gasteiger partial charge is 0.277 e. The molecule has 68 valence electrons. The van der Waals surface area contributed by atoms with E-state index in [0.29, 0.717) is 5.25 Å². The summed E-state index contributed by atoms with van der Waals surface area (Å²) in [6.45, 7) is 1.29. The minimum Gasteiger partial charge on any atom is -0.277 e. The average Bonchev–Trinajstić information content (AvgIpc) is 1.79. The summed E-state index contributed by atoms with van der Waals surface area (Å²) < 4.78 is 10.9. The molecular weight excluding hydrogens is 179 g/mol. The average molecular weight is 196 g/mol. The molecule has 0 aromatic rings. The first-order valence-corrected chi connectivity index (χ1v) is 7.14. The van der Waals surface area contributed by atoms with Gasteiger partial charge in [0, 0.05) is 5.25 Å². The van der Waals surface area contributed by atoms with Crippen molar-refractivity contribution in [3.05, 3.63) is 0 Å². The molecule has 0 amide bonds. The van der Waals surface area contributed by atoms with Crippen molar-refractivity contribution in [3.8, 4) is 0 Å². The van der Waals surface area contributed by atoms with E-state index in [2.05, 4.69) is 6.92 Å². The van der Waals surface area contributed by atoms with Crippen LogP contribution in [0, 0.1) is 0 Å². The lowest BCUT2D eigenvalue weighted by atomic mass is 10.2. The Balaban J connectivity index is 3.52. The molecular formula is C6H17N2OPS. The summed E-state index contributed by atoms with van der Waals surface area (Å²) >= 11 is 1.21. The maximum Gasteiger partial charge on any atom is 0.261 e. The van der Waals surface area contributed by atoms with Crippen molar-refractivity contribution in [1.82, 2.24) is 0 Å². The van der Waals surface area contributed by atoms with Crippen LogP contribution in [0.4, 0.5) is 0 Å². The Labute approximate surface area is 72.5 Å². The molecule has 0 fully saturated rings. The first kappa shape index (κ1) is 11.5. The van der Waals surface area contributed by atoms with Crippen LogP contribution in [0.15, 0.2) is 0 Å². The van der Waals surface area contributed by atoms with E-state index in [1.54, 1.807) is 0 Å². The van der Waals surface area contributed by atoms with E-state index in [1.807, 2.05) is 6.92 Å². The van der Waals surface area contributed by atoms with Crippen LogP contribution >= 0.6 is 18.0 Å². The lowest BCUT2D eigenvalue weighted by Crippen LogP contribution is -2.05. The van der Waals surface area contributed by atoms with E-state index < -0.39 is 6.65 Å². The van der Waals surface area contributed by atoms with Gasteiger partial charge in [-0.3, -0.25) is 15.6 Å². The molecule has 0 rings (SSSR count). The van der Waals surface area contributed by atoms with E-state index >= 15 is 0 Å². The number of hydrogen-bond acceptors (Lipinski definition) is 2. The first-order valence-electron chi connectivity index (χ1n) is 3.81. The van der Waals surface area contributed by atoms with E-state index in [9.17, 15) is 4.57 Å². The van der Waals surface area contributed by atoms with Crippen molar-refractivity contribution in [1.29, 1.82) is 0 Å². The predicted octanol–water partition coefficient (Wildman–Crippen LogP) is 2.32. The molecule has 0 aromatic heterocycles. The van der Waals surface area contributed by atoms with Crippen LogP contribution in [0.5, 0.6) is 0 Å². The first-order chi connectivity index (χ1) is 4.95. The minimum atomic E-state index is -2.85. The van der Waals surface area contributed by atoms with Gasteiger partial charge in [0.05, 0.1) is 0 Å². The minimum absolute atomic E-state index is 0.316. The highest BCUT2D eigenvalue weighted by atomic mass is 32.7. The van der Waals surface area contributed by atoms with Crippen molar-refractivity contribution in [3.63, 3.8) is 0 Å². The second-order valence-electron chi connectivity index (χ2n) is 2.70. The molecule has 0 bridgehead atoms. The van der Waals surface area contributed by atoms with Gasteiger partial charge in [0.1, 0.15) is 0 Å². The van der Waals surface area contributed by atoms with Gasteiger partial charge in [-0.2, -0.15) is 0 Å². The lowest BCUT2D eigenvalue weighted by Gasteiger charge is -2.12. The van der Waals surface area contributed by atoms with Crippen molar-refractivity contribution in [2.24, 2.45) is 11.0 Å². The number of hydrogen-bond donors (Lipinski definition) is 2. The summed E-state index contributed by atoms with van der Waals surface area (Å²) in [6, 6.07) is 0. The topological polar surface area (TPSA) is 69.1 Å². The molecule has 0 radical (unpaired) electrons. The zero-order valence-corrected chi connectivity index (χ0v) is 8.83. The molecule has 1 atom stereocenters. The molecule has 0 aliphatic rings. The van der Waals surface area contributed by atoms with Gasteiger partial charge in [-0.05, 0) is 6.42 Å². The summed E-state index contributed by atoms with van der Waals surface area (Å²) in [5, 5.41) is 0.316. The van der Waals surface area contributed by atoms with Crippen molar-refractivity contribution >= 4 is 18.0 Å². The predicted molar refractivity (Wildman–Crippen MR) is 52.6 cm³/mol. The highest BCUT2D eigenvalue weighted by molar-refractivity contribution is 8.57. The van der Waals surface area contributed by atoms with Gasteiger partial charge in [-0.25, -0.2) is 0 Å². The molecule has 5 heteroatoms. The third-order valence-corrected chi connectivity index (χ3v) is 4.30. The summed E-state index contributed by atoms with van der Waals surface area (Å²) in [7, 11) is 0. The summed E-state index contributed by atoms with van der Waals surface area (Å²) in [6.07, 6.45) is 3.35. The van der Waals surface area contributed by atoms with Gasteiger partial charge in [-0.1, -0.05) is 38.1 Å². The zero-order valence-electron chi connectivity index (χ0n) is 7.12. The van der Waals surface area contributed by atoms with Gasteiger partial charge in [0.25, 0.3) is 6.65 Å². The molecule has 0 aliphatic carbocycles. The summed E-state index contributed by atoms with van der Waals surface area (Å²) in [5.41, 5.74) is 10.4. The smallest absolute Gasteiger partial charge is 0.261 e. The van der Waals surface area contributed by atoms with Crippen LogP contribution < -0.4 is 11.0 Å². The SMILES string of the molecule is CCCCC(C)SP(N)(N)=O. The Hall–Kier alpha value is 0.500. The monoisotopic (exact) mass is 196 g/mol. The fraction of sp³-hybridized carbons (Fsp3) is 1.00. The molecule has 0 spiro atoms. The maximum atomic E-state index is 10.9. The fourth-order valence-corrected chi connectivity index (χ4v) is 3.66. The second-order valence-corrected chi connectivity index (χ2v) is 7.35. The van der Waals surface area contributed by atoms with Gasteiger partial charge < -0.3 is 0 Å². The Morgan fingerprint density at radius 3 is 2.45 bits per heavy atom. The molecule has 11 heavy (non-hydrogen) atoms. The van der Waals surface area contributed by atoms with E-state index in [-0.39, 0.29) is 0 Å². The van der Waals surface area contributed by atoms with E-state index in [4.69, 9.17) is 11.0 Å². The third kappa shape index (κ3) is 8.41. The molecule has 0 heterocycles. The van der Waals surface area contributed by atoms with Crippen LogP contribution in [-0.2, 0) is 4.57 Å². The van der Waals surface area contributed by atoms with Gasteiger partial charge in [0.15, 0.2) is 0 Å². The van der Waals surface area contributed by atoms with E-state index in [1.165, 1.54) is 11.4 Å². The highest BCUT2D eigenvalue weighted by Crippen LogP contribution is 2.46. The van der Waals surface area contributed by atoms with Crippen molar-refractivity contribution < 1.29 is 4.57 Å². The Kier molecular flexibility index (Phi) is 5.44. The van der Waals surface area contributed by atoms with Crippen LogP contribution in [0.1, 0.15) is 33.1 Å². The maximum absolute atomic E-state index is 10.9. The molecule has 0 aromatic carbocycles. The third-order valence-electron chi connectivity index (χ3n) is 1.31. The summed E-state index contributed by atoms with van der Waals surface area (Å²) in [5.74, 6) is 0. The van der Waals surface area contributed by atoms with Gasteiger partial charge in [-0.15, -0.1) is 0 Å². The fourth-order valence-electron chi connectivity index (χ4n) is 0.826. The van der Waals surface area contributed by atoms with Crippen LogP contribution in [0.25, 0.3) is 0 Å². The molecule has 4 N–H and O–H groups in total. The van der Waals surface area contributed by atoms with Crippen molar-refractivity contribution in [2.75, 3.05) is 0 Å². The Bertz CT molecular complexity index is 148. The zero-order chi connectivity index (χ0) is 8.91. The molecule has 0 aliphatic heterocycles. The summed E-state index contributed by atoms with van der Waals surface area (Å²) in [4.78, 5) is 0. The van der Waals surface area contributed by atoms with Crippen LogP contribution in [-0.4, -0.2) is 5.25 Å². The quantitative estimate of drug-likeness (QED) is 0.662. The molecule has 1 unspecified atom stereocenters. The number of unbranched alkanes of at least 4 members (excludes halogenated alkanes) is 1. The molecule has 3 nitrogen and oxygen atoms in total. The lowest BCUT2D eigenvalue weighted by molar-refractivity contribution is 0.586.